The fourth-order valence-corrected chi connectivity index (χ4v) is 3.46. The standard InChI is InChI=1S/C18H23N5O2/c24-16(11-19-18(25)20-12-9-10-12)22-17-21-14-7-3-4-8-15(14)23(17)13-5-1-2-6-13/h3-4,7-8,12-13H,1-2,5-6,9-11H2,(H2,19,20,25)(H,21,22,24). The normalized spacial score (nSPS) is 17.6. The molecule has 0 spiro atoms. The minimum atomic E-state index is -0.290. The molecule has 1 heterocycles. The molecule has 25 heavy (non-hydrogen) atoms. The number of para-hydroxylation sites is 2. The minimum absolute atomic E-state index is 0.0631. The van der Waals surface area contributed by atoms with E-state index in [1.165, 1.54) is 12.8 Å². The molecule has 0 saturated heterocycles. The molecule has 132 valence electrons. The number of anilines is 1. The highest BCUT2D eigenvalue weighted by molar-refractivity contribution is 5.94. The van der Waals surface area contributed by atoms with E-state index in [0.29, 0.717) is 12.0 Å². The van der Waals surface area contributed by atoms with Crippen molar-refractivity contribution in [1.29, 1.82) is 0 Å². The van der Waals surface area contributed by atoms with Gasteiger partial charge in [-0.25, -0.2) is 9.78 Å². The summed E-state index contributed by atoms with van der Waals surface area (Å²) < 4.78 is 2.14. The van der Waals surface area contributed by atoms with Crippen molar-refractivity contribution in [3.8, 4) is 0 Å². The van der Waals surface area contributed by atoms with Crippen LogP contribution in [0.2, 0.25) is 0 Å². The molecule has 0 radical (unpaired) electrons. The molecule has 2 saturated carbocycles. The molecule has 7 nitrogen and oxygen atoms in total. The first-order valence-corrected chi connectivity index (χ1v) is 9.02. The van der Waals surface area contributed by atoms with Crippen molar-refractivity contribution in [3.63, 3.8) is 0 Å². The number of hydrogen-bond acceptors (Lipinski definition) is 3. The van der Waals surface area contributed by atoms with Crippen LogP contribution in [0, 0.1) is 0 Å². The molecule has 2 aliphatic carbocycles. The molecule has 2 fully saturated rings. The number of amides is 3. The molecule has 2 aromatic rings. The van der Waals surface area contributed by atoms with Crippen LogP contribution in [0.5, 0.6) is 0 Å². The maximum Gasteiger partial charge on any atom is 0.315 e. The monoisotopic (exact) mass is 341 g/mol. The average Bonchev–Trinajstić information content (AvgIpc) is 3.11. The zero-order valence-electron chi connectivity index (χ0n) is 14.1. The molecule has 0 atom stereocenters. The number of nitrogens with one attached hydrogen (secondary N) is 3. The van der Waals surface area contributed by atoms with E-state index in [9.17, 15) is 9.59 Å². The lowest BCUT2D eigenvalue weighted by atomic mass is 10.2. The first-order valence-electron chi connectivity index (χ1n) is 9.02. The van der Waals surface area contributed by atoms with E-state index in [4.69, 9.17) is 0 Å². The largest absolute Gasteiger partial charge is 0.335 e. The number of carbonyl (C=O) groups excluding carboxylic acids is 2. The molecule has 3 N–H and O–H groups in total. The number of urea groups is 1. The number of aromatic nitrogens is 2. The van der Waals surface area contributed by atoms with Crippen LogP contribution < -0.4 is 16.0 Å². The van der Waals surface area contributed by atoms with E-state index < -0.39 is 0 Å². The van der Waals surface area contributed by atoms with Crippen LogP contribution in [0.1, 0.15) is 44.6 Å². The van der Waals surface area contributed by atoms with Gasteiger partial charge in [-0.15, -0.1) is 0 Å². The maximum absolute atomic E-state index is 12.3. The third-order valence-corrected chi connectivity index (χ3v) is 4.86. The summed E-state index contributed by atoms with van der Waals surface area (Å²) in [5.41, 5.74) is 1.92. The SMILES string of the molecule is O=C(CNC(=O)NC1CC1)Nc1nc2ccccc2n1C1CCCC1. The molecule has 7 heteroatoms. The molecule has 0 aliphatic heterocycles. The molecule has 3 amide bonds. The summed E-state index contributed by atoms with van der Waals surface area (Å²) in [4.78, 5) is 28.5. The van der Waals surface area contributed by atoms with Gasteiger partial charge in [0, 0.05) is 12.1 Å². The van der Waals surface area contributed by atoms with Gasteiger partial charge in [-0.1, -0.05) is 25.0 Å². The molecule has 1 aromatic carbocycles. The molecule has 1 aromatic heterocycles. The molecule has 0 bridgehead atoms. The van der Waals surface area contributed by atoms with Crippen LogP contribution in [0.3, 0.4) is 0 Å². The van der Waals surface area contributed by atoms with Gasteiger partial charge in [-0.05, 0) is 37.8 Å². The van der Waals surface area contributed by atoms with Crippen LogP contribution in [-0.4, -0.2) is 34.1 Å². The maximum atomic E-state index is 12.3. The quantitative estimate of drug-likeness (QED) is 0.781. The summed E-state index contributed by atoms with van der Waals surface area (Å²) >= 11 is 0. The van der Waals surface area contributed by atoms with E-state index in [1.54, 1.807) is 0 Å². The van der Waals surface area contributed by atoms with Gasteiger partial charge >= 0.3 is 6.03 Å². The smallest absolute Gasteiger partial charge is 0.315 e. The van der Waals surface area contributed by atoms with Gasteiger partial charge in [0.1, 0.15) is 0 Å². The molecular formula is C18H23N5O2. The number of benzene rings is 1. The number of imidazole rings is 1. The predicted octanol–water partition coefficient (Wildman–Crippen LogP) is 2.55. The zero-order chi connectivity index (χ0) is 17.2. The Morgan fingerprint density at radius 2 is 1.88 bits per heavy atom. The molecule has 2 aliphatic rings. The van der Waals surface area contributed by atoms with Crippen molar-refractivity contribution in [1.82, 2.24) is 20.2 Å². The Morgan fingerprint density at radius 3 is 2.64 bits per heavy atom. The Labute approximate surface area is 146 Å². The Morgan fingerprint density at radius 1 is 1.12 bits per heavy atom. The van der Waals surface area contributed by atoms with Gasteiger partial charge in [0.05, 0.1) is 17.6 Å². The second-order valence-corrected chi connectivity index (χ2v) is 6.88. The predicted molar refractivity (Wildman–Crippen MR) is 95.4 cm³/mol. The van der Waals surface area contributed by atoms with Gasteiger partial charge in [0.25, 0.3) is 0 Å². The summed E-state index contributed by atoms with van der Waals surface area (Å²) in [5, 5.41) is 8.27. The highest BCUT2D eigenvalue weighted by atomic mass is 16.2. The second-order valence-electron chi connectivity index (χ2n) is 6.88. The lowest BCUT2D eigenvalue weighted by Crippen LogP contribution is -2.41. The third kappa shape index (κ3) is 3.60. The average molecular weight is 341 g/mol. The van der Waals surface area contributed by atoms with Crippen LogP contribution in [0.4, 0.5) is 10.7 Å². The molecular weight excluding hydrogens is 318 g/mol. The summed E-state index contributed by atoms with van der Waals surface area (Å²) in [5.74, 6) is 0.308. The topological polar surface area (TPSA) is 88.1 Å². The zero-order valence-corrected chi connectivity index (χ0v) is 14.1. The van der Waals surface area contributed by atoms with Crippen molar-refractivity contribution in [2.24, 2.45) is 0 Å². The molecule has 0 unspecified atom stereocenters. The van der Waals surface area contributed by atoms with E-state index in [-0.39, 0.29) is 24.5 Å². The first-order chi connectivity index (χ1) is 12.2. The summed E-state index contributed by atoms with van der Waals surface area (Å²) in [6, 6.07) is 8.29. The van der Waals surface area contributed by atoms with E-state index in [1.807, 2.05) is 24.3 Å². The highest BCUT2D eigenvalue weighted by Gasteiger charge is 2.25. The lowest BCUT2D eigenvalue weighted by molar-refractivity contribution is -0.115. The van der Waals surface area contributed by atoms with Crippen molar-refractivity contribution in [2.75, 3.05) is 11.9 Å². The van der Waals surface area contributed by atoms with Crippen LogP contribution in [0.25, 0.3) is 11.0 Å². The Bertz CT molecular complexity index is 790. The Hall–Kier alpha value is -2.57. The van der Waals surface area contributed by atoms with E-state index in [2.05, 4.69) is 25.5 Å². The lowest BCUT2D eigenvalue weighted by Gasteiger charge is -2.16. The first kappa shape index (κ1) is 15.9. The fraction of sp³-hybridized carbons (Fsp3) is 0.500. The van der Waals surface area contributed by atoms with Crippen molar-refractivity contribution < 1.29 is 9.59 Å². The van der Waals surface area contributed by atoms with Crippen LogP contribution >= 0.6 is 0 Å². The number of fused-ring (bicyclic) bond motifs is 1. The van der Waals surface area contributed by atoms with Crippen molar-refractivity contribution in [3.05, 3.63) is 24.3 Å². The third-order valence-electron chi connectivity index (χ3n) is 4.86. The summed E-state index contributed by atoms with van der Waals surface area (Å²) in [6.45, 7) is -0.0631. The minimum Gasteiger partial charge on any atom is -0.335 e. The summed E-state index contributed by atoms with van der Waals surface area (Å²) in [6.07, 6.45) is 6.65. The van der Waals surface area contributed by atoms with Crippen LogP contribution in [-0.2, 0) is 4.79 Å². The van der Waals surface area contributed by atoms with Gasteiger partial charge in [0.2, 0.25) is 11.9 Å². The number of carbonyl (C=O) groups is 2. The van der Waals surface area contributed by atoms with Crippen molar-refractivity contribution in [2.45, 2.75) is 50.6 Å². The fourth-order valence-electron chi connectivity index (χ4n) is 3.46. The number of rotatable bonds is 5. The Kier molecular flexibility index (Phi) is 4.29. The highest BCUT2D eigenvalue weighted by Crippen LogP contribution is 2.35. The van der Waals surface area contributed by atoms with E-state index >= 15 is 0 Å². The van der Waals surface area contributed by atoms with Gasteiger partial charge in [-0.2, -0.15) is 0 Å². The van der Waals surface area contributed by atoms with Gasteiger partial charge in [-0.3, -0.25) is 10.1 Å². The van der Waals surface area contributed by atoms with Crippen LogP contribution in [0.15, 0.2) is 24.3 Å². The number of nitrogens with zero attached hydrogens (tertiary/aromatic N) is 2. The molecule has 4 rings (SSSR count). The summed E-state index contributed by atoms with van der Waals surface area (Å²) in [7, 11) is 0. The van der Waals surface area contributed by atoms with Gasteiger partial charge in [0.15, 0.2) is 0 Å². The number of hydrogen-bond donors (Lipinski definition) is 3. The Balaban J connectivity index is 1.47. The van der Waals surface area contributed by atoms with Crippen molar-refractivity contribution >= 4 is 28.9 Å². The van der Waals surface area contributed by atoms with E-state index in [0.717, 1.165) is 36.7 Å². The van der Waals surface area contributed by atoms with Gasteiger partial charge < -0.3 is 15.2 Å². The second kappa shape index (κ2) is 6.74.